The third-order valence-corrected chi connectivity index (χ3v) is 3.70. The quantitative estimate of drug-likeness (QED) is 0.593. The summed E-state index contributed by atoms with van der Waals surface area (Å²) in [6.07, 6.45) is 2.74. The van der Waals surface area contributed by atoms with Gasteiger partial charge in [-0.3, -0.25) is 0 Å². The summed E-state index contributed by atoms with van der Waals surface area (Å²) in [5.74, 6) is 0. The van der Waals surface area contributed by atoms with Crippen LogP contribution in [-0.4, -0.2) is 64.0 Å². The van der Waals surface area contributed by atoms with Gasteiger partial charge in [0.25, 0.3) is 0 Å². The van der Waals surface area contributed by atoms with Crippen LogP contribution in [0.2, 0.25) is 0 Å². The van der Waals surface area contributed by atoms with Crippen LogP contribution in [-0.2, 0) is 0 Å². The number of hydrogen-bond acceptors (Lipinski definition) is 2. The van der Waals surface area contributed by atoms with Crippen LogP contribution in [0.1, 0.15) is 12.8 Å². The summed E-state index contributed by atoms with van der Waals surface area (Å²) < 4.78 is 2.53. The Morgan fingerprint density at radius 3 is 2.20 bits per heavy atom. The van der Waals surface area contributed by atoms with Crippen LogP contribution in [0.3, 0.4) is 0 Å². The first-order valence-electron chi connectivity index (χ1n) is 3.86. The zero-order chi connectivity index (χ0) is 7.56. The van der Waals surface area contributed by atoms with Crippen LogP contribution in [0, 0.1) is 0 Å². The first-order valence-corrected chi connectivity index (χ1v) is 5.33. The summed E-state index contributed by atoms with van der Waals surface area (Å²) in [7, 11) is 4.37. The molecule has 1 fully saturated rings. The molecule has 0 spiro atoms. The van der Waals surface area contributed by atoms with Crippen molar-refractivity contribution in [2.24, 2.45) is 0 Å². The Bertz CT molecular complexity index is 97.8. The molecule has 1 rings (SSSR count). The molecular weight excluding hydrogens is 231 g/mol. The number of rotatable bonds is 1. The second kappa shape index (κ2) is 3.93. The van der Waals surface area contributed by atoms with E-state index in [0.717, 1.165) is 6.04 Å². The molecule has 0 aromatic rings. The van der Waals surface area contributed by atoms with Crippen LogP contribution in [0.5, 0.6) is 0 Å². The van der Waals surface area contributed by atoms with E-state index in [1.807, 2.05) is 0 Å². The zero-order valence-electron chi connectivity index (χ0n) is 6.88. The second-order valence-corrected chi connectivity index (χ2v) is 5.32. The SMILES string of the molecule is CN(C)C1CC[N]([SnH])CC1. The molecule has 2 nitrogen and oxygen atoms in total. The van der Waals surface area contributed by atoms with Crippen molar-refractivity contribution in [3.63, 3.8) is 0 Å². The van der Waals surface area contributed by atoms with Gasteiger partial charge in [0.15, 0.2) is 0 Å². The van der Waals surface area contributed by atoms with Crippen molar-refractivity contribution in [1.82, 2.24) is 8.02 Å². The Labute approximate surface area is 77.0 Å². The van der Waals surface area contributed by atoms with E-state index in [1.54, 1.807) is 0 Å². The first kappa shape index (κ1) is 8.81. The van der Waals surface area contributed by atoms with Crippen LogP contribution in [0.15, 0.2) is 0 Å². The third kappa shape index (κ3) is 2.40. The molecule has 0 amide bonds. The van der Waals surface area contributed by atoms with Gasteiger partial charge in [-0.05, 0) is 0 Å². The van der Waals surface area contributed by atoms with Crippen molar-refractivity contribution in [2.45, 2.75) is 18.9 Å². The second-order valence-electron chi connectivity index (χ2n) is 3.23. The summed E-state index contributed by atoms with van der Waals surface area (Å²) in [5, 5.41) is 0. The number of nitrogens with zero attached hydrogens (tertiary/aromatic N) is 2. The number of piperidine rings is 1. The van der Waals surface area contributed by atoms with Gasteiger partial charge >= 0.3 is 76.9 Å². The van der Waals surface area contributed by atoms with Gasteiger partial charge in [-0.1, -0.05) is 0 Å². The van der Waals surface area contributed by atoms with Crippen molar-refractivity contribution in [3.8, 4) is 0 Å². The van der Waals surface area contributed by atoms with Gasteiger partial charge in [-0.15, -0.1) is 0 Å². The van der Waals surface area contributed by atoms with E-state index in [1.165, 1.54) is 48.7 Å². The molecule has 2 radical (unpaired) electrons. The molecule has 0 atom stereocenters. The average molecular weight is 247 g/mol. The van der Waals surface area contributed by atoms with Crippen molar-refractivity contribution in [3.05, 3.63) is 0 Å². The first-order chi connectivity index (χ1) is 4.70. The van der Waals surface area contributed by atoms with E-state index < -0.39 is 0 Å². The van der Waals surface area contributed by atoms with Gasteiger partial charge in [-0.25, -0.2) is 0 Å². The van der Waals surface area contributed by atoms with Gasteiger partial charge in [0.05, 0.1) is 0 Å². The van der Waals surface area contributed by atoms with E-state index in [2.05, 4.69) is 22.1 Å². The van der Waals surface area contributed by atoms with Gasteiger partial charge in [0.1, 0.15) is 0 Å². The molecule has 0 bridgehead atoms. The Hall–Kier alpha value is 0.719. The fourth-order valence-corrected chi connectivity index (χ4v) is 2.25. The minimum absolute atomic E-state index is 0.851. The molecule has 58 valence electrons. The zero-order valence-corrected chi connectivity index (χ0v) is 10.2. The molecule has 1 saturated heterocycles. The Kier molecular flexibility index (Phi) is 3.46. The van der Waals surface area contributed by atoms with Gasteiger partial charge in [-0.2, -0.15) is 0 Å². The summed E-state index contributed by atoms with van der Waals surface area (Å²) in [5.41, 5.74) is 0. The van der Waals surface area contributed by atoms with E-state index >= 15 is 0 Å². The van der Waals surface area contributed by atoms with E-state index in [9.17, 15) is 0 Å². The molecule has 1 heterocycles. The van der Waals surface area contributed by atoms with E-state index in [0.29, 0.717) is 0 Å². The van der Waals surface area contributed by atoms with Crippen molar-refractivity contribution >= 4 is 22.8 Å². The normalized spacial score (nSPS) is 24.0. The van der Waals surface area contributed by atoms with Gasteiger partial charge in [0.2, 0.25) is 0 Å². The van der Waals surface area contributed by atoms with E-state index in [4.69, 9.17) is 0 Å². The van der Waals surface area contributed by atoms with Crippen LogP contribution in [0.4, 0.5) is 0 Å². The molecule has 1 aliphatic rings. The topological polar surface area (TPSA) is 6.48 Å². The molecule has 10 heavy (non-hydrogen) atoms. The molecule has 0 aromatic heterocycles. The molecule has 0 N–H and O–H groups in total. The third-order valence-electron chi connectivity index (χ3n) is 2.23. The van der Waals surface area contributed by atoms with Crippen molar-refractivity contribution in [1.29, 1.82) is 0 Å². The molecule has 3 heteroatoms. The Morgan fingerprint density at radius 1 is 1.30 bits per heavy atom. The average Bonchev–Trinajstić information content (AvgIpc) is 1.88. The summed E-state index contributed by atoms with van der Waals surface area (Å²) in [6.45, 7) is 2.65. The van der Waals surface area contributed by atoms with Crippen molar-refractivity contribution < 1.29 is 0 Å². The van der Waals surface area contributed by atoms with Gasteiger partial charge < -0.3 is 0 Å². The monoisotopic (exact) mass is 248 g/mol. The predicted molar refractivity (Wildman–Crippen MR) is 45.4 cm³/mol. The standard InChI is InChI=1S/C7H15N2.Sn.H/c1-9(2)7-3-5-8-6-4-7;;/h7H,3-6H2,1-2H3;;/q-1;+1;. The summed E-state index contributed by atoms with van der Waals surface area (Å²) in [4.78, 5) is 2.35. The molecular formula is C7H16N2Sn. The fraction of sp³-hybridized carbons (Fsp3) is 1.00. The maximum atomic E-state index is 2.53. The fourth-order valence-electron chi connectivity index (χ4n) is 1.40. The summed E-state index contributed by atoms with van der Waals surface area (Å²) in [6, 6.07) is 0.851. The molecule has 0 saturated carbocycles. The van der Waals surface area contributed by atoms with Gasteiger partial charge in [0, 0.05) is 0 Å². The van der Waals surface area contributed by atoms with Crippen LogP contribution >= 0.6 is 0 Å². The minimum atomic E-state index is 0.851. The maximum absolute atomic E-state index is 2.53. The molecule has 0 aromatic carbocycles. The Balaban J connectivity index is 2.26. The molecule has 0 aliphatic carbocycles. The Morgan fingerprint density at radius 2 is 1.80 bits per heavy atom. The predicted octanol–water partition coefficient (Wildman–Crippen LogP) is -0.172. The van der Waals surface area contributed by atoms with Crippen LogP contribution < -0.4 is 0 Å². The van der Waals surface area contributed by atoms with E-state index in [-0.39, 0.29) is 0 Å². The summed E-state index contributed by atoms with van der Waals surface area (Å²) >= 11 is 1.31. The molecule has 1 aliphatic heterocycles. The van der Waals surface area contributed by atoms with Crippen molar-refractivity contribution in [2.75, 3.05) is 27.2 Å². The number of hydrogen-bond donors (Lipinski definition) is 0. The van der Waals surface area contributed by atoms with Crippen LogP contribution in [0.25, 0.3) is 0 Å². The molecule has 0 unspecified atom stereocenters.